The lowest BCUT2D eigenvalue weighted by molar-refractivity contribution is -0.115. The van der Waals surface area contributed by atoms with Crippen LogP contribution < -0.4 is 4.90 Å². The van der Waals surface area contributed by atoms with Gasteiger partial charge in [0.05, 0.1) is 17.1 Å². The lowest BCUT2D eigenvalue weighted by atomic mass is 10.2. The number of hydrogen-bond acceptors (Lipinski definition) is 6. The molecule has 4 aromatic rings. The van der Waals surface area contributed by atoms with E-state index < -0.39 is 0 Å². The predicted molar refractivity (Wildman–Crippen MR) is 115 cm³/mol. The summed E-state index contributed by atoms with van der Waals surface area (Å²) in [5, 5.41) is 8.19. The van der Waals surface area contributed by atoms with Gasteiger partial charge in [-0.2, -0.15) is 0 Å². The first kappa shape index (κ1) is 18.9. The van der Waals surface area contributed by atoms with E-state index in [1.54, 1.807) is 28.8 Å². The highest BCUT2D eigenvalue weighted by Gasteiger charge is 2.28. The summed E-state index contributed by atoms with van der Waals surface area (Å²) in [6.07, 6.45) is 0. The minimum Gasteiger partial charge on any atom is -0.411 e. The van der Waals surface area contributed by atoms with Gasteiger partial charge in [-0.3, -0.25) is 9.69 Å². The Morgan fingerprint density at radius 2 is 1.67 bits per heavy atom. The Balaban J connectivity index is 1.37. The van der Waals surface area contributed by atoms with Crippen molar-refractivity contribution < 1.29 is 13.6 Å². The maximum absolute atomic E-state index is 13.4. The lowest BCUT2D eigenvalue weighted by Crippen LogP contribution is -2.29. The van der Waals surface area contributed by atoms with Gasteiger partial charge in [0.1, 0.15) is 5.82 Å². The van der Waals surface area contributed by atoms with Crippen LogP contribution in [-0.4, -0.2) is 21.9 Å². The number of halogens is 1. The fourth-order valence-corrected chi connectivity index (χ4v) is 4.84. The molecule has 0 atom stereocenters. The van der Waals surface area contributed by atoms with Gasteiger partial charge in [0.25, 0.3) is 5.22 Å². The SMILES string of the molecule is O=C(CSc1nnc(-c2cccc(F)c2)o1)N1c2ccccc2Sc2ccccc21. The zero-order chi connectivity index (χ0) is 20.5. The molecule has 5 nitrogen and oxygen atoms in total. The summed E-state index contributed by atoms with van der Waals surface area (Å²) in [5.74, 6) is -0.131. The number of carbonyl (C=O) groups is 1. The van der Waals surface area contributed by atoms with Crippen LogP contribution in [0.5, 0.6) is 0 Å². The molecule has 0 N–H and O–H groups in total. The van der Waals surface area contributed by atoms with E-state index in [9.17, 15) is 9.18 Å². The molecule has 0 unspecified atom stereocenters. The molecule has 0 saturated heterocycles. The summed E-state index contributed by atoms with van der Waals surface area (Å²) < 4.78 is 19.0. The molecule has 0 saturated carbocycles. The van der Waals surface area contributed by atoms with E-state index in [1.165, 1.54) is 12.1 Å². The Morgan fingerprint density at radius 1 is 0.967 bits per heavy atom. The van der Waals surface area contributed by atoms with Gasteiger partial charge in [-0.1, -0.05) is 53.9 Å². The second-order valence-corrected chi connectivity index (χ2v) is 8.45. The summed E-state index contributed by atoms with van der Waals surface area (Å²) in [6.45, 7) is 0. The van der Waals surface area contributed by atoms with Crippen molar-refractivity contribution >= 4 is 40.8 Å². The van der Waals surface area contributed by atoms with Crippen LogP contribution in [-0.2, 0) is 4.79 Å². The third-order valence-electron chi connectivity index (χ3n) is 4.48. The summed E-state index contributed by atoms with van der Waals surface area (Å²) in [6, 6.07) is 21.6. The molecule has 0 radical (unpaired) electrons. The van der Waals surface area contributed by atoms with Crippen molar-refractivity contribution in [2.45, 2.75) is 15.0 Å². The van der Waals surface area contributed by atoms with E-state index in [0.29, 0.717) is 5.56 Å². The fourth-order valence-electron chi connectivity index (χ4n) is 3.17. The van der Waals surface area contributed by atoms with Crippen LogP contribution in [0.15, 0.2) is 92.2 Å². The van der Waals surface area contributed by atoms with Gasteiger partial charge in [0.15, 0.2) is 0 Å². The molecule has 0 fully saturated rings. The van der Waals surface area contributed by atoms with Crippen molar-refractivity contribution in [2.75, 3.05) is 10.7 Å². The van der Waals surface area contributed by atoms with E-state index in [-0.39, 0.29) is 28.6 Å². The Bertz CT molecular complexity index is 1200. The van der Waals surface area contributed by atoms with Gasteiger partial charge in [-0.25, -0.2) is 4.39 Å². The van der Waals surface area contributed by atoms with Gasteiger partial charge in [0.2, 0.25) is 11.8 Å². The summed E-state index contributed by atoms with van der Waals surface area (Å²) >= 11 is 2.81. The highest BCUT2D eigenvalue weighted by molar-refractivity contribution is 8.00. The number of fused-ring (bicyclic) bond motifs is 2. The largest absolute Gasteiger partial charge is 0.411 e. The number of hydrogen-bond donors (Lipinski definition) is 0. The normalized spacial score (nSPS) is 12.4. The Morgan fingerprint density at radius 3 is 2.37 bits per heavy atom. The third kappa shape index (κ3) is 3.59. The van der Waals surface area contributed by atoms with E-state index >= 15 is 0 Å². The molecule has 8 heteroatoms. The first-order valence-electron chi connectivity index (χ1n) is 9.10. The number of aromatic nitrogens is 2. The summed E-state index contributed by atoms with van der Waals surface area (Å²) in [5.41, 5.74) is 2.21. The molecule has 5 rings (SSSR count). The summed E-state index contributed by atoms with van der Waals surface area (Å²) in [4.78, 5) is 17.0. The van der Waals surface area contributed by atoms with Gasteiger partial charge >= 0.3 is 0 Å². The van der Waals surface area contributed by atoms with Gasteiger partial charge in [0, 0.05) is 15.4 Å². The molecule has 1 amide bonds. The van der Waals surface area contributed by atoms with Crippen LogP contribution in [0.25, 0.3) is 11.5 Å². The molecule has 1 aliphatic heterocycles. The van der Waals surface area contributed by atoms with Gasteiger partial charge in [-0.05, 0) is 42.5 Å². The average Bonchev–Trinajstić information content (AvgIpc) is 3.25. The molecule has 3 aromatic carbocycles. The average molecular weight is 436 g/mol. The quantitative estimate of drug-likeness (QED) is 0.378. The van der Waals surface area contributed by atoms with Crippen LogP contribution in [0.2, 0.25) is 0 Å². The number of rotatable bonds is 4. The Labute approximate surface area is 180 Å². The molecular formula is C22H14FN3O2S2. The molecule has 0 spiro atoms. The van der Waals surface area contributed by atoms with Crippen molar-refractivity contribution in [1.82, 2.24) is 10.2 Å². The number of nitrogens with zero attached hydrogens (tertiary/aromatic N) is 3. The summed E-state index contributed by atoms with van der Waals surface area (Å²) in [7, 11) is 0. The smallest absolute Gasteiger partial charge is 0.277 e. The van der Waals surface area contributed by atoms with Crippen LogP contribution in [0.4, 0.5) is 15.8 Å². The number of carbonyl (C=O) groups excluding carboxylic acids is 1. The van der Waals surface area contributed by atoms with Crippen molar-refractivity contribution in [3.8, 4) is 11.5 Å². The lowest BCUT2D eigenvalue weighted by Gasteiger charge is -2.30. The van der Waals surface area contributed by atoms with Crippen molar-refractivity contribution in [3.63, 3.8) is 0 Å². The van der Waals surface area contributed by atoms with Gasteiger partial charge in [-0.15, -0.1) is 10.2 Å². The van der Waals surface area contributed by atoms with Crippen molar-refractivity contribution in [1.29, 1.82) is 0 Å². The second kappa shape index (κ2) is 7.97. The van der Waals surface area contributed by atoms with Crippen LogP contribution in [0.3, 0.4) is 0 Å². The first-order chi connectivity index (χ1) is 14.7. The predicted octanol–water partition coefficient (Wildman–Crippen LogP) is 5.80. The molecule has 0 bridgehead atoms. The number of para-hydroxylation sites is 2. The zero-order valence-electron chi connectivity index (χ0n) is 15.5. The monoisotopic (exact) mass is 435 g/mol. The van der Waals surface area contributed by atoms with E-state index in [0.717, 1.165) is 32.9 Å². The fraction of sp³-hybridized carbons (Fsp3) is 0.0455. The number of amides is 1. The molecule has 2 heterocycles. The maximum atomic E-state index is 13.4. The topological polar surface area (TPSA) is 59.2 Å². The standard InChI is InChI=1S/C22H14FN3O2S2/c23-15-7-5-6-14(12-15)21-24-25-22(28-21)29-13-20(27)26-16-8-1-3-10-18(16)30-19-11-4-2-9-17(19)26/h1-12H,13H2. The molecule has 148 valence electrons. The zero-order valence-corrected chi connectivity index (χ0v) is 17.1. The van der Waals surface area contributed by atoms with E-state index in [4.69, 9.17) is 4.42 Å². The number of anilines is 2. The Hall–Kier alpha value is -3.10. The van der Waals surface area contributed by atoms with Crippen molar-refractivity contribution in [2.24, 2.45) is 0 Å². The first-order valence-corrected chi connectivity index (χ1v) is 10.9. The van der Waals surface area contributed by atoms with E-state index in [2.05, 4.69) is 10.2 Å². The second-order valence-electron chi connectivity index (χ2n) is 6.44. The minimum atomic E-state index is -0.379. The molecule has 30 heavy (non-hydrogen) atoms. The minimum absolute atomic E-state index is 0.0919. The maximum Gasteiger partial charge on any atom is 0.277 e. The van der Waals surface area contributed by atoms with Crippen LogP contribution in [0.1, 0.15) is 0 Å². The van der Waals surface area contributed by atoms with E-state index in [1.807, 2.05) is 48.5 Å². The van der Waals surface area contributed by atoms with Crippen LogP contribution in [0, 0.1) is 5.82 Å². The molecule has 1 aliphatic rings. The highest BCUT2D eigenvalue weighted by atomic mass is 32.2. The Kier molecular flexibility index (Phi) is 5.02. The van der Waals surface area contributed by atoms with Crippen molar-refractivity contribution in [3.05, 3.63) is 78.6 Å². The van der Waals surface area contributed by atoms with Crippen LogP contribution >= 0.6 is 23.5 Å². The molecule has 1 aromatic heterocycles. The number of benzene rings is 3. The number of thioether (sulfide) groups is 1. The highest BCUT2D eigenvalue weighted by Crippen LogP contribution is 2.48. The molecular weight excluding hydrogens is 421 g/mol. The van der Waals surface area contributed by atoms with Gasteiger partial charge < -0.3 is 4.42 Å². The molecule has 0 aliphatic carbocycles. The third-order valence-corrected chi connectivity index (χ3v) is 6.41.